The summed E-state index contributed by atoms with van der Waals surface area (Å²) in [6.45, 7) is 5.39. The minimum atomic E-state index is -0.672. The summed E-state index contributed by atoms with van der Waals surface area (Å²) in [7, 11) is 2.74. The molecule has 0 aliphatic rings. The summed E-state index contributed by atoms with van der Waals surface area (Å²) >= 11 is 0. The Kier molecular flexibility index (Phi) is 4.18. The molecule has 150 valence electrons. The zero-order valence-corrected chi connectivity index (χ0v) is 16.9. The van der Waals surface area contributed by atoms with Crippen molar-refractivity contribution in [3.63, 3.8) is 0 Å². The maximum atomic E-state index is 13.2. The predicted molar refractivity (Wildman–Crippen MR) is 108 cm³/mol. The minimum absolute atomic E-state index is 0.248. The van der Waals surface area contributed by atoms with Gasteiger partial charge in [-0.05, 0) is 38.5 Å². The van der Waals surface area contributed by atoms with Gasteiger partial charge in [-0.3, -0.25) is 23.1 Å². The Hall–Kier alpha value is -3.62. The number of hydrogen-bond acceptors (Lipinski definition) is 5. The first-order chi connectivity index (χ1) is 13.8. The fraction of sp³-hybridized carbons (Fsp3) is 0.300. The molecule has 0 radical (unpaired) electrons. The van der Waals surface area contributed by atoms with E-state index >= 15 is 0 Å². The first-order valence-corrected chi connectivity index (χ1v) is 9.10. The van der Waals surface area contributed by atoms with E-state index in [9.17, 15) is 14.4 Å². The Labute approximate surface area is 165 Å². The fourth-order valence-electron chi connectivity index (χ4n) is 3.66. The van der Waals surface area contributed by atoms with E-state index in [2.05, 4.69) is 9.72 Å². The highest BCUT2D eigenvalue weighted by Crippen LogP contribution is 2.24. The number of rotatable bonds is 3. The Balaban J connectivity index is 2.15. The van der Waals surface area contributed by atoms with Gasteiger partial charge in [-0.25, -0.2) is 9.36 Å². The van der Waals surface area contributed by atoms with Crippen LogP contribution in [0.5, 0.6) is 0 Å². The smallest absolute Gasteiger partial charge is 0.333 e. The van der Waals surface area contributed by atoms with Crippen molar-refractivity contribution >= 4 is 22.9 Å². The van der Waals surface area contributed by atoms with E-state index in [1.54, 1.807) is 4.40 Å². The van der Waals surface area contributed by atoms with Crippen LogP contribution in [-0.2, 0) is 23.1 Å². The van der Waals surface area contributed by atoms with Gasteiger partial charge in [0.2, 0.25) is 5.78 Å². The standard InChI is InChI=1S/C20H21N5O4/c1-11-7-6-8-14(9-11)24-12(2)13(3)25-16-17(21-19(24)25)22(4)20(28)23(18(16)27)10-15(26)29-5/h6-9H,10H2,1-5H3. The van der Waals surface area contributed by atoms with Crippen molar-refractivity contribution in [3.05, 3.63) is 62.1 Å². The first-order valence-electron chi connectivity index (χ1n) is 9.10. The third-order valence-electron chi connectivity index (χ3n) is 5.29. The summed E-state index contributed by atoms with van der Waals surface area (Å²) in [5, 5.41) is 0. The minimum Gasteiger partial charge on any atom is -0.468 e. The van der Waals surface area contributed by atoms with Crippen molar-refractivity contribution in [2.75, 3.05) is 7.11 Å². The number of carbonyl (C=O) groups is 1. The van der Waals surface area contributed by atoms with Crippen molar-refractivity contribution in [3.8, 4) is 5.69 Å². The number of methoxy groups -OCH3 is 1. The lowest BCUT2D eigenvalue weighted by Crippen LogP contribution is -2.41. The van der Waals surface area contributed by atoms with Gasteiger partial charge in [0.15, 0.2) is 11.2 Å². The molecule has 1 aromatic carbocycles. The van der Waals surface area contributed by atoms with Crippen LogP contribution in [0.25, 0.3) is 22.6 Å². The Morgan fingerprint density at radius 3 is 2.52 bits per heavy atom. The van der Waals surface area contributed by atoms with Crippen LogP contribution >= 0.6 is 0 Å². The van der Waals surface area contributed by atoms with Crippen LogP contribution in [0.3, 0.4) is 0 Å². The number of aryl methyl sites for hydroxylation is 3. The Bertz CT molecular complexity index is 1420. The average molecular weight is 395 g/mol. The fourth-order valence-corrected chi connectivity index (χ4v) is 3.66. The highest BCUT2D eigenvalue weighted by atomic mass is 16.5. The molecule has 0 saturated heterocycles. The van der Waals surface area contributed by atoms with Crippen LogP contribution in [0.4, 0.5) is 0 Å². The molecular formula is C20H21N5O4. The summed E-state index contributed by atoms with van der Waals surface area (Å²) in [6, 6.07) is 7.95. The molecule has 0 N–H and O–H groups in total. The van der Waals surface area contributed by atoms with Gasteiger partial charge in [0.1, 0.15) is 6.54 Å². The summed E-state index contributed by atoms with van der Waals surface area (Å²) in [5.41, 5.74) is 3.07. The Morgan fingerprint density at radius 1 is 1.14 bits per heavy atom. The van der Waals surface area contributed by atoms with Gasteiger partial charge in [-0.15, -0.1) is 0 Å². The van der Waals surface area contributed by atoms with Gasteiger partial charge >= 0.3 is 11.7 Å². The molecule has 0 unspecified atom stereocenters. The van der Waals surface area contributed by atoms with E-state index in [1.165, 1.54) is 18.7 Å². The average Bonchev–Trinajstić information content (AvgIpc) is 3.19. The lowest BCUT2D eigenvalue weighted by atomic mass is 10.2. The first kappa shape index (κ1) is 18.7. The van der Waals surface area contributed by atoms with Crippen LogP contribution in [0.1, 0.15) is 17.0 Å². The second-order valence-electron chi connectivity index (χ2n) is 7.07. The molecule has 4 aromatic rings. The molecule has 3 aromatic heterocycles. The molecule has 0 aliphatic carbocycles. The molecule has 0 saturated carbocycles. The summed E-state index contributed by atoms with van der Waals surface area (Å²) in [6.07, 6.45) is 0. The monoisotopic (exact) mass is 395 g/mol. The molecule has 9 heteroatoms. The van der Waals surface area contributed by atoms with Crippen LogP contribution in [-0.4, -0.2) is 36.2 Å². The van der Waals surface area contributed by atoms with E-state index in [4.69, 9.17) is 0 Å². The molecule has 3 heterocycles. The van der Waals surface area contributed by atoms with Gasteiger partial charge in [-0.1, -0.05) is 12.1 Å². The molecule has 0 aliphatic heterocycles. The van der Waals surface area contributed by atoms with Crippen LogP contribution in [0.15, 0.2) is 33.9 Å². The molecule has 29 heavy (non-hydrogen) atoms. The zero-order chi connectivity index (χ0) is 21.0. The predicted octanol–water partition coefficient (Wildman–Crippen LogP) is 1.24. The van der Waals surface area contributed by atoms with Crippen LogP contribution < -0.4 is 11.2 Å². The summed E-state index contributed by atoms with van der Waals surface area (Å²) in [5.74, 6) is -0.141. The number of fused-ring (bicyclic) bond motifs is 3. The van der Waals surface area contributed by atoms with Gasteiger partial charge in [0.05, 0.1) is 7.11 Å². The van der Waals surface area contributed by atoms with Gasteiger partial charge in [0, 0.05) is 24.1 Å². The number of esters is 1. The highest BCUT2D eigenvalue weighted by Gasteiger charge is 2.24. The number of benzene rings is 1. The summed E-state index contributed by atoms with van der Waals surface area (Å²) < 4.78 is 10.5. The Morgan fingerprint density at radius 2 is 1.86 bits per heavy atom. The molecule has 9 nitrogen and oxygen atoms in total. The topological polar surface area (TPSA) is 92.5 Å². The third-order valence-corrected chi connectivity index (χ3v) is 5.29. The maximum absolute atomic E-state index is 13.2. The molecule has 0 spiro atoms. The highest BCUT2D eigenvalue weighted by molar-refractivity contribution is 5.78. The van der Waals surface area contributed by atoms with Gasteiger partial charge < -0.3 is 4.74 Å². The number of carbonyl (C=O) groups excluding carboxylic acids is 1. The zero-order valence-electron chi connectivity index (χ0n) is 16.9. The lowest BCUT2D eigenvalue weighted by Gasteiger charge is -2.08. The van der Waals surface area contributed by atoms with Gasteiger partial charge in [0.25, 0.3) is 5.56 Å². The van der Waals surface area contributed by atoms with Crippen molar-refractivity contribution in [1.82, 2.24) is 23.1 Å². The molecule has 4 rings (SSSR count). The number of aromatic nitrogens is 5. The molecule has 0 bridgehead atoms. The van der Waals surface area contributed by atoms with E-state index in [-0.39, 0.29) is 11.2 Å². The van der Waals surface area contributed by atoms with Crippen LogP contribution in [0.2, 0.25) is 0 Å². The van der Waals surface area contributed by atoms with Gasteiger partial charge in [-0.2, -0.15) is 4.98 Å². The molecule has 0 atom stereocenters. The lowest BCUT2D eigenvalue weighted by molar-refractivity contribution is -0.141. The normalized spacial score (nSPS) is 11.5. The molecule has 0 amide bonds. The van der Waals surface area contributed by atoms with E-state index < -0.39 is 23.8 Å². The maximum Gasteiger partial charge on any atom is 0.333 e. The second kappa shape index (κ2) is 6.47. The number of imidazole rings is 2. The molecule has 0 fully saturated rings. The number of hydrogen-bond donors (Lipinski definition) is 0. The second-order valence-corrected chi connectivity index (χ2v) is 7.07. The van der Waals surface area contributed by atoms with Crippen molar-refractivity contribution in [2.24, 2.45) is 7.05 Å². The number of ether oxygens (including phenoxy) is 1. The number of nitrogens with zero attached hydrogens (tertiary/aromatic N) is 5. The summed E-state index contributed by atoms with van der Waals surface area (Å²) in [4.78, 5) is 42.2. The van der Waals surface area contributed by atoms with Crippen molar-refractivity contribution < 1.29 is 9.53 Å². The largest absolute Gasteiger partial charge is 0.468 e. The molecular weight excluding hydrogens is 374 g/mol. The van der Waals surface area contributed by atoms with Crippen LogP contribution in [0, 0.1) is 20.8 Å². The van der Waals surface area contributed by atoms with E-state index in [1.807, 2.05) is 49.6 Å². The quantitative estimate of drug-likeness (QED) is 0.487. The SMILES string of the molecule is COC(=O)Cn1c(=O)c2c(nc3n(-c4cccc(C)c4)c(C)c(C)n23)n(C)c1=O. The van der Waals surface area contributed by atoms with Crippen molar-refractivity contribution in [1.29, 1.82) is 0 Å². The van der Waals surface area contributed by atoms with E-state index in [0.717, 1.165) is 27.2 Å². The van der Waals surface area contributed by atoms with Crippen molar-refractivity contribution in [2.45, 2.75) is 27.3 Å². The van der Waals surface area contributed by atoms with E-state index in [0.29, 0.717) is 5.78 Å². The third kappa shape index (κ3) is 2.61.